The van der Waals surface area contributed by atoms with E-state index < -0.39 is 0 Å². The number of nitrogens with one attached hydrogen (secondary N) is 2. The lowest BCUT2D eigenvalue weighted by atomic mass is 10.3. The van der Waals surface area contributed by atoms with Crippen molar-refractivity contribution in [1.29, 1.82) is 0 Å². The third-order valence-electron chi connectivity index (χ3n) is 3.15. The summed E-state index contributed by atoms with van der Waals surface area (Å²) in [6.07, 6.45) is 0. The number of carbonyl (C=O) groups excluding carboxylic acids is 1. The Kier molecular flexibility index (Phi) is 7.25. The van der Waals surface area contributed by atoms with E-state index in [1.54, 1.807) is 19.2 Å². The first-order chi connectivity index (χ1) is 11.7. The van der Waals surface area contributed by atoms with Gasteiger partial charge in [0.25, 0.3) is 5.91 Å². The zero-order valence-electron chi connectivity index (χ0n) is 13.5. The Labute approximate surface area is 139 Å². The molecule has 0 saturated heterocycles. The fraction of sp³-hybridized carbons (Fsp3) is 0.353. The summed E-state index contributed by atoms with van der Waals surface area (Å²) in [7, 11) is 1.64. The van der Waals surface area contributed by atoms with Crippen molar-refractivity contribution in [3.05, 3.63) is 53.7 Å². The topological polar surface area (TPSA) is 72.7 Å². The molecule has 1 aromatic heterocycles. The SMILES string of the molecule is COCCNCCNC(=O)c1ccc(COc2ccc(F)cc2)o1. The summed E-state index contributed by atoms with van der Waals surface area (Å²) in [5.41, 5.74) is 0. The lowest BCUT2D eigenvalue weighted by Gasteiger charge is -2.05. The van der Waals surface area contributed by atoms with E-state index in [0.29, 0.717) is 31.2 Å². The standard InChI is InChI=1S/C17H21FN2O4/c1-22-11-10-19-8-9-20-17(21)16-7-6-15(24-16)12-23-14-4-2-13(18)3-5-14/h2-7,19H,8-12H2,1H3,(H,20,21). The van der Waals surface area contributed by atoms with Crippen molar-refractivity contribution in [1.82, 2.24) is 10.6 Å². The number of amides is 1. The van der Waals surface area contributed by atoms with E-state index in [9.17, 15) is 9.18 Å². The fourth-order valence-electron chi connectivity index (χ4n) is 1.91. The molecule has 0 saturated carbocycles. The Morgan fingerprint density at radius 3 is 2.67 bits per heavy atom. The average molecular weight is 336 g/mol. The third kappa shape index (κ3) is 6.02. The molecule has 2 rings (SSSR count). The number of hydrogen-bond acceptors (Lipinski definition) is 5. The van der Waals surface area contributed by atoms with Gasteiger partial charge in [0.15, 0.2) is 5.76 Å². The Hall–Kier alpha value is -2.38. The highest BCUT2D eigenvalue weighted by atomic mass is 19.1. The maximum atomic E-state index is 12.8. The van der Waals surface area contributed by atoms with Gasteiger partial charge >= 0.3 is 0 Å². The molecule has 0 unspecified atom stereocenters. The van der Waals surface area contributed by atoms with E-state index in [0.717, 1.165) is 6.54 Å². The summed E-state index contributed by atoms with van der Waals surface area (Å²) < 4.78 is 28.6. The Balaban J connectivity index is 1.71. The normalized spacial score (nSPS) is 10.6. The predicted molar refractivity (Wildman–Crippen MR) is 86.5 cm³/mol. The lowest BCUT2D eigenvalue weighted by Crippen LogP contribution is -2.32. The van der Waals surface area contributed by atoms with Gasteiger partial charge in [-0.3, -0.25) is 4.79 Å². The van der Waals surface area contributed by atoms with Crippen molar-refractivity contribution >= 4 is 5.91 Å². The van der Waals surface area contributed by atoms with E-state index >= 15 is 0 Å². The van der Waals surface area contributed by atoms with Crippen molar-refractivity contribution in [3.63, 3.8) is 0 Å². The molecule has 0 aliphatic carbocycles. The van der Waals surface area contributed by atoms with Gasteiger partial charge < -0.3 is 24.5 Å². The van der Waals surface area contributed by atoms with Gasteiger partial charge in [-0.05, 0) is 36.4 Å². The van der Waals surface area contributed by atoms with Crippen LogP contribution in [0.25, 0.3) is 0 Å². The second kappa shape index (κ2) is 9.69. The van der Waals surface area contributed by atoms with Crippen LogP contribution in [0.5, 0.6) is 5.75 Å². The highest BCUT2D eigenvalue weighted by Crippen LogP contribution is 2.15. The molecule has 130 valence electrons. The van der Waals surface area contributed by atoms with Gasteiger partial charge in [-0.15, -0.1) is 0 Å². The molecule has 0 aliphatic rings. The number of rotatable bonds is 10. The molecule has 0 radical (unpaired) electrons. The predicted octanol–water partition coefficient (Wildman–Crippen LogP) is 1.96. The van der Waals surface area contributed by atoms with Crippen LogP contribution in [0.1, 0.15) is 16.3 Å². The largest absolute Gasteiger partial charge is 0.486 e. The molecule has 0 aliphatic heterocycles. The maximum Gasteiger partial charge on any atom is 0.287 e. The molecule has 1 heterocycles. The molecule has 2 N–H and O–H groups in total. The van der Waals surface area contributed by atoms with Crippen LogP contribution in [0.2, 0.25) is 0 Å². The van der Waals surface area contributed by atoms with E-state index in [1.807, 2.05) is 0 Å². The first kappa shape index (κ1) is 18.0. The van der Waals surface area contributed by atoms with Crippen LogP contribution in [-0.4, -0.2) is 39.3 Å². The molecule has 2 aromatic rings. The van der Waals surface area contributed by atoms with Crippen LogP contribution in [0.4, 0.5) is 4.39 Å². The van der Waals surface area contributed by atoms with E-state index in [2.05, 4.69) is 10.6 Å². The maximum absolute atomic E-state index is 12.8. The van der Waals surface area contributed by atoms with E-state index in [-0.39, 0.29) is 24.1 Å². The molecule has 0 bridgehead atoms. The summed E-state index contributed by atoms with van der Waals surface area (Å²) in [5.74, 6) is 0.667. The highest BCUT2D eigenvalue weighted by Gasteiger charge is 2.11. The van der Waals surface area contributed by atoms with Gasteiger partial charge in [0, 0.05) is 26.7 Å². The summed E-state index contributed by atoms with van der Waals surface area (Å²) >= 11 is 0. The minimum atomic E-state index is -0.323. The molecule has 1 amide bonds. The number of benzene rings is 1. The highest BCUT2D eigenvalue weighted by molar-refractivity contribution is 5.91. The van der Waals surface area contributed by atoms with Gasteiger partial charge in [-0.25, -0.2) is 4.39 Å². The Morgan fingerprint density at radius 2 is 1.92 bits per heavy atom. The number of furan rings is 1. The number of carbonyl (C=O) groups is 1. The van der Waals surface area contributed by atoms with Gasteiger partial charge in [0.2, 0.25) is 0 Å². The van der Waals surface area contributed by atoms with Crippen molar-refractivity contribution in [3.8, 4) is 5.75 Å². The van der Waals surface area contributed by atoms with Crippen LogP contribution in [0.15, 0.2) is 40.8 Å². The number of ether oxygens (including phenoxy) is 2. The minimum absolute atomic E-state index is 0.164. The van der Waals surface area contributed by atoms with Crippen molar-refractivity contribution < 1.29 is 23.1 Å². The van der Waals surface area contributed by atoms with Gasteiger partial charge in [-0.1, -0.05) is 0 Å². The summed E-state index contributed by atoms with van der Waals surface area (Å²) in [6.45, 7) is 2.67. The molecule has 6 nitrogen and oxygen atoms in total. The van der Waals surface area contributed by atoms with Crippen LogP contribution in [0, 0.1) is 5.82 Å². The monoisotopic (exact) mass is 336 g/mol. The molecular formula is C17H21FN2O4. The minimum Gasteiger partial charge on any atom is -0.486 e. The number of halogens is 1. The number of hydrogen-bond donors (Lipinski definition) is 2. The summed E-state index contributed by atoms with van der Waals surface area (Å²) in [6, 6.07) is 8.96. The van der Waals surface area contributed by atoms with Crippen LogP contribution >= 0.6 is 0 Å². The second-order valence-corrected chi connectivity index (χ2v) is 5.01. The van der Waals surface area contributed by atoms with Crippen molar-refractivity contribution in [2.45, 2.75) is 6.61 Å². The Morgan fingerprint density at radius 1 is 1.12 bits per heavy atom. The fourth-order valence-corrected chi connectivity index (χ4v) is 1.91. The zero-order valence-corrected chi connectivity index (χ0v) is 13.5. The second-order valence-electron chi connectivity index (χ2n) is 5.01. The molecule has 0 atom stereocenters. The molecule has 0 fully saturated rings. The Bertz CT molecular complexity index is 628. The van der Waals surface area contributed by atoms with Crippen LogP contribution in [0.3, 0.4) is 0 Å². The van der Waals surface area contributed by atoms with Gasteiger partial charge in [0.1, 0.15) is 23.9 Å². The molecule has 0 spiro atoms. The van der Waals surface area contributed by atoms with Gasteiger partial charge in [-0.2, -0.15) is 0 Å². The summed E-state index contributed by atoms with van der Waals surface area (Å²) in [4.78, 5) is 11.9. The molecule has 7 heteroatoms. The first-order valence-electron chi connectivity index (χ1n) is 7.64. The lowest BCUT2D eigenvalue weighted by molar-refractivity contribution is 0.0922. The van der Waals surface area contributed by atoms with Gasteiger partial charge in [0.05, 0.1) is 6.61 Å². The van der Waals surface area contributed by atoms with E-state index in [1.165, 1.54) is 24.3 Å². The number of methoxy groups -OCH3 is 1. The van der Waals surface area contributed by atoms with Crippen molar-refractivity contribution in [2.24, 2.45) is 0 Å². The first-order valence-corrected chi connectivity index (χ1v) is 7.64. The quantitative estimate of drug-likeness (QED) is 0.649. The smallest absolute Gasteiger partial charge is 0.287 e. The zero-order chi connectivity index (χ0) is 17.2. The van der Waals surface area contributed by atoms with E-state index in [4.69, 9.17) is 13.9 Å². The molecule has 24 heavy (non-hydrogen) atoms. The average Bonchev–Trinajstić information content (AvgIpc) is 3.06. The molecule has 1 aromatic carbocycles. The van der Waals surface area contributed by atoms with Crippen LogP contribution in [-0.2, 0) is 11.3 Å². The summed E-state index contributed by atoms with van der Waals surface area (Å²) in [5, 5.41) is 5.87. The molecular weight excluding hydrogens is 315 g/mol. The third-order valence-corrected chi connectivity index (χ3v) is 3.15. The van der Waals surface area contributed by atoms with Crippen LogP contribution < -0.4 is 15.4 Å². The van der Waals surface area contributed by atoms with Crippen molar-refractivity contribution in [2.75, 3.05) is 33.4 Å².